The van der Waals surface area contributed by atoms with Gasteiger partial charge in [0.1, 0.15) is 0 Å². The van der Waals surface area contributed by atoms with Crippen LogP contribution in [-0.4, -0.2) is 99.9 Å². The van der Waals surface area contributed by atoms with Crippen LogP contribution in [0.15, 0.2) is 24.3 Å². The smallest absolute Gasteiger partial charge is 0.230 e. The summed E-state index contributed by atoms with van der Waals surface area (Å²) in [6, 6.07) is 7.75. The van der Waals surface area contributed by atoms with Crippen molar-refractivity contribution in [2.45, 2.75) is 19.3 Å². The second-order valence-electron chi connectivity index (χ2n) is 8.66. The molecule has 3 fully saturated rings. The van der Waals surface area contributed by atoms with E-state index in [2.05, 4.69) is 14.7 Å². The lowest BCUT2D eigenvalue weighted by atomic mass is 9.85. The number of hydrogen-bond donors (Lipinski definition) is 0. The average Bonchev–Trinajstić information content (AvgIpc) is 3.34. The largest absolute Gasteiger partial charge is 0.493 e. The molecule has 30 heavy (non-hydrogen) atoms. The van der Waals surface area contributed by atoms with Gasteiger partial charge in [0.25, 0.3) is 0 Å². The van der Waals surface area contributed by atoms with Gasteiger partial charge in [-0.3, -0.25) is 9.69 Å². The third kappa shape index (κ3) is 4.90. The lowest BCUT2D eigenvalue weighted by molar-refractivity contribution is -0.135. The maximum atomic E-state index is 13.2. The molecule has 4 rings (SSSR count). The number of methoxy groups -OCH3 is 1. The van der Waals surface area contributed by atoms with E-state index in [1.54, 1.807) is 7.11 Å². The molecule has 0 aliphatic carbocycles. The lowest BCUT2D eigenvalue weighted by Gasteiger charge is -2.29. The Hall–Kier alpha value is -1.83. The van der Waals surface area contributed by atoms with Gasteiger partial charge in [0, 0.05) is 45.8 Å². The fourth-order valence-electron chi connectivity index (χ4n) is 4.93. The number of amides is 1. The first-order chi connectivity index (χ1) is 14.7. The van der Waals surface area contributed by atoms with Crippen molar-refractivity contribution in [2.24, 2.45) is 5.41 Å². The monoisotopic (exact) mass is 417 g/mol. The number of hydrogen-bond acceptors (Lipinski definition) is 6. The highest BCUT2D eigenvalue weighted by Crippen LogP contribution is 2.40. The maximum Gasteiger partial charge on any atom is 0.230 e. The van der Waals surface area contributed by atoms with Crippen LogP contribution in [0.5, 0.6) is 11.5 Å². The van der Waals surface area contributed by atoms with Crippen molar-refractivity contribution >= 4 is 5.91 Å². The highest BCUT2D eigenvalue weighted by molar-refractivity contribution is 5.85. The Balaban J connectivity index is 1.18. The number of nitrogens with zero attached hydrogens (tertiary/aromatic N) is 3. The minimum atomic E-state index is -0.144. The van der Waals surface area contributed by atoms with Gasteiger partial charge in [-0.2, -0.15) is 0 Å². The van der Waals surface area contributed by atoms with Crippen molar-refractivity contribution < 1.29 is 19.0 Å². The van der Waals surface area contributed by atoms with E-state index < -0.39 is 0 Å². The SMILES string of the molecule is COc1ccccc1OCCCN1CCC2(CCN(CCN3CCOCC3)C2=O)C1. The molecule has 1 spiro atoms. The van der Waals surface area contributed by atoms with Crippen LogP contribution in [0.1, 0.15) is 19.3 Å². The minimum Gasteiger partial charge on any atom is -0.493 e. The molecule has 1 unspecified atom stereocenters. The number of carbonyl (C=O) groups excluding carboxylic acids is 1. The van der Waals surface area contributed by atoms with Gasteiger partial charge in [-0.1, -0.05) is 12.1 Å². The molecule has 7 heteroatoms. The number of morpholine rings is 1. The van der Waals surface area contributed by atoms with Crippen LogP contribution >= 0.6 is 0 Å². The van der Waals surface area contributed by atoms with Crippen molar-refractivity contribution in [3.63, 3.8) is 0 Å². The Kier molecular flexibility index (Phi) is 7.12. The quantitative estimate of drug-likeness (QED) is 0.571. The molecule has 0 bridgehead atoms. The summed E-state index contributed by atoms with van der Waals surface area (Å²) in [4.78, 5) is 20.1. The van der Waals surface area contributed by atoms with Crippen molar-refractivity contribution in [3.8, 4) is 11.5 Å². The number of carbonyl (C=O) groups is 1. The molecule has 3 aliphatic heterocycles. The Morgan fingerprint density at radius 2 is 1.73 bits per heavy atom. The van der Waals surface area contributed by atoms with Gasteiger partial charge in [-0.25, -0.2) is 0 Å². The highest BCUT2D eigenvalue weighted by Gasteiger charge is 2.50. The van der Waals surface area contributed by atoms with E-state index in [1.807, 2.05) is 24.3 Å². The summed E-state index contributed by atoms with van der Waals surface area (Å²) in [7, 11) is 1.66. The standard InChI is InChI=1S/C23H35N3O4/c1-28-20-5-2-3-6-21(20)30-16-4-9-25-10-7-23(19-25)8-11-26(22(23)27)13-12-24-14-17-29-18-15-24/h2-3,5-6H,4,7-19H2,1H3. The van der Waals surface area contributed by atoms with Crippen LogP contribution < -0.4 is 9.47 Å². The summed E-state index contributed by atoms with van der Waals surface area (Å²) >= 11 is 0. The van der Waals surface area contributed by atoms with E-state index in [-0.39, 0.29) is 5.41 Å². The fourth-order valence-corrected chi connectivity index (χ4v) is 4.93. The number of benzene rings is 1. The molecule has 0 saturated carbocycles. The summed E-state index contributed by atoms with van der Waals surface area (Å²) in [5, 5.41) is 0. The zero-order valence-corrected chi connectivity index (χ0v) is 18.2. The van der Waals surface area contributed by atoms with Gasteiger partial charge in [0.15, 0.2) is 11.5 Å². The molecule has 166 valence electrons. The van der Waals surface area contributed by atoms with Crippen LogP contribution in [0, 0.1) is 5.41 Å². The predicted molar refractivity (Wildman–Crippen MR) is 115 cm³/mol. The van der Waals surface area contributed by atoms with Crippen LogP contribution in [0.4, 0.5) is 0 Å². The molecular weight excluding hydrogens is 382 g/mol. The molecule has 1 aromatic rings. The Bertz CT molecular complexity index is 709. The molecule has 1 amide bonds. The molecule has 3 aliphatic rings. The summed E-state index contributed by atoms with van der Waals surface area (Å²) in [6.07, 6.45) is 2.94. The molecule has 0 N–H and O–H groups in total. The normalized spacial score (nSPS) is 25.4. The Labute approximate surface area is 179 Å². The summed E-state index contributed by atoms with van der Waals surface area (Å²) in [5.41, 5.74) is -0.144. The molecule has 3 heterocycles. The first-order valence-corrected chi connectivity index (χ1v) is 11.3. The van der Waals surface area contributed by atoms with Crippen molar-refractivity contribution in [2.75, 3.05) is 79.3 Å². The van der Waals surface area contributed by atoms with Crippen molar-refractivity contribution in [3.05, 3.63) is 24.3 Å². The second-order valence-corrected chi connectivity index (χ2v) is 8.66. The first-order valence-electron chi connectivity index (χ1n) is 11.3. The lowest BCUT2D eigenvalue weighted by Crippen LogP contribution is -2.43. The number of rotatable bonds is 9. The third-order valence-electron chi connectivity index (χ3n) is 6.77. The summed E-state index contributed by atoms with van der Waals surface area (Å²) < 4.78 is 16.6. The van der Waals surface area contributed by atoms with Gasteiger partial charge in [-0.15, -0.1) is 0 Å². The number of likely N-dealkylation sites (tertiary alicyclic amines) is 2. The Morgan fingerprint density at radius 3 is 2.53 bits per heavy atom. The van der Waals surface area contributed by atoms with Gasteiger partial charge in [0.05, 0.1) is 32.3 Å². The summed E-state index contributed by atoms with van der Waals surface area (Å²) in [6.45, 7) is 9.86. The molecule has 0 radical (unpaired) electrons. The topological polar surface area (TPSA) is 54.5 Å². The number of ether oxygens (including phenoxy) is 3. The third-order valence-corrected chi connectivity index (χ3v) is 6.77. The number of para-hydroxylation sites is 2. The van der Waals surface area contributed by atoms with Gasteiger partial charge < -0.3 is 24.0 Å². The molecule has 3 saturated heterocycles. The van der Waals surface area contributed by atoms with E-state index >= 15 is 0 Å². The van der Waals surface area contributed by atoms with Crippen LogP contribution in [0.2, 0.25) is 0 Å². The van der Waals surface area contributed by atoms with Gasteiger partial charge in [0.2, 0.25) is 5.91 Å². The second kappa shape index (κ2) is 9.98. The molecule has 1 atom stereocenters. The van der Waals surface area contributed by atoms with Gasteiger partial charge in [-0.05, 0) is 37.9 Å². The molecule has 0 aromatic heterocycles. The summed E-state index contributed by atoms with van der Waals surface area (Å²) in [5.74, 6) is 1.94. The Morgan fingerprint density at radius 1 is 0.967 bits per heavy atom. The van der Waals surface area contributed by atoms with Crippen LogP contribution in [0.3, 0.4) is 0 Å². The van der Waals surface area contributed by atoms with E-state index in [1.165, 1.54) is 0 Å². The zero-order valence-electron chi connectivity index (χ0n) is 18.2. The maximum absolute atomic E-state index is 13.2. The van der Waals surface area contributed by atoms with Crippen LogP contribution in [0.25, 0.3) is 0 Å². The predicted octanol–water partition coefficient (Wildman–Crippen LogP) is 1.72. The van der Waals surface area contributed by atoms with E-state index in [0.717, 1.165) is 96.3 Å². The van der Waals surface area contributed by atoms with Gasteiger partial charge >= 0.3 is 0 Å². The minimum absolute atomic E-state index is 0.144. The molecule has 7 nitrogen and oxygen atoms in total. The van der Waals surface area contributed by atoms with E-state index in [0.29, 0.717) is 12.5 Å². The van der Waals surface area contributed by atoms with Crippen LogP contribution in [-0.2, 0) is 9.53 Å². The van der Waals surface area contributed by atoms with E-state index in [9.17, 15) is 4.79 Å². The zero-order chi connectivity index (χ0) is 20.8. The van der Waals surface area contributed by atoms with Crippen molar-refractivity contribution in [1.29, 1.82) is 0 Å². The fraction of sp³-hybridized carbons (Fsp3) is 0.696. The molecule has 1 aromatic carbocycles. The first kappa shape index (κ1) is 21.4. The average molecular weight is 418 g/mol. The highest BCUT2D eigenvalue weighted by atomic mass is 16.5. The van der Waals surface area contributed by atoms with Crippen molar-refractivity contribution in [1.82, 2.24) is 14.7 Å². The van der Waals surface area contributed by atoms with E-state index in [4.69, 9.17) is 14.2 Å². The molecular formula is C23H35N3O4.